The number of ether oxygens (including phenoxy) is 1. The van der Waals surface area contributed by atoms with E-state index in [4.69, 9.17) is 20.1 Å². The maximum Gasteiger partial charge on any atom is 0.0649 e. The minimum Gasteiger partial charge on any atom is -0.396 e. The summed E-state index contributed by atoms with van der Waals surface area (Å²) in [6, 6.07) is 0. The van der Waals surface area contributed by atoms with Crippen LogP contribution in [0, 0.1) is 5.92 Å². The van der Waals surface area contributed by atoms with Crippen molar-refractivity contribution in [1.82, 2.24) is 0 Å². The van der Waals surface area contributed by atoms with Crippen molar-refractivity contribution < 1.29 is 20.1 Å². The highest BCUT2D eigenvalue weighted by Crippen LogP contribution is 2.02. The smallest absolute Gasteiger partial charge is 0.0649 e. The van der Waals surface area contributed by atoms with Crippen molar-refractivity contribution in [1.29, 1.82) is 0 Å². The monoisotopic (exact) mass is 232 g/mol. The number of rotatable bonds is 9. The molecule has 0 aliphatic carbocycles. The summed E-state index contributed by atoms with van der Waals surface area (Å²) in [6.45, 7) is 8.34. The summed E-state index contributed by atoms with van der Waals surface area (Å²) >= 11 is 0. The molecule has 0 aromatic carbocycles. The predicted octanol–water partition coefficient (Wildman–Crippen LogP) is 0.735. The molecule has 16 heavy (non-hydrogen) atoms. The van der Waals surface area contributed by atoms with Gasteiger partial charge in [0, 0.05) is 25.7 Å². The first kappa shape index (κ1) is 17.7. The summed E-state index contributed by atoms with van der Waals surface area (Å²) in [5.74, 6) is -0.0443. The summed E-state index contributed by atoms with van der Waals surface area (Å²) in [6.07, 6.45) is 4.78. The van der Waals surface area contributed by atoms with E-state index in [9.17, 15) is 0 Å². The van der Waals surface area contributed by atoms with Gasteiger partial charge in [0.2, 0.25) is 0 Å². The molecule has 0 aromatic rings. The van der Waals surface area contributed by atoms with Crippen LogP contribution in [0.2, 0.25) is 0 Å². The lowest BCUT2D eigenvalue weighted by atomic mass is 10.1. The summed E-state index contributed by atoms with van der Waals surface area (Å²) < 4.78 is 4.90. The minimum absolute atomic E-state index is 0.0104. The highest BCUT2D eigenvalue weighted by atomic mass is 16.5. The second-order valence-electron chi connectivity index (χ2n) is 3.21. The minimum atomic E-state index is -0.0443. The highest BCUT2D eigenvalue weighted by molar-refractivity contribution is 4.68. The zero-order valence-corrected chi connectivity index (χ0v) is 9.85. The maximum atomic E-state index is 8.51. The largest absolute Gasteiger partial charge is 0.396 e. The van der Waals surface area contributed by atoms with Crippen LogP contribution in [-0.2, 0) is 4.74 Å². The van der Waals surface area contributed by atoms with E-state index < -0.39 is 0 Å². The third-order valence-electron chi connectivity index (χ3n) is 1.76. The average Bonchev–Trinajstić information content (AvgIpc) is 2.32. The summed E-state index contributed by atoms with van der Waals surface area (Å²) in [5, 5.41) is 25.4. The van der Waals surface area contributed by atoms with Crippen molar-refractivity contribution >= 4 is 0 Å². The number of hydrogen-bond donors (Lipinski definition) is 3. The Kier molecular flexibility index (Phi) is 18.5. The molecule has 0 aliphatic heterocycles. The van der Waals surface area contributed by atoms with E-state index in [1.165, 1.54) is 0 Å². The van der Waals surface area contributed by atoms with Crippen molar-refractivity contribution in [3.63, 3.8) is 0 Å². The summed E-state index contributed by atoms with van der Waals surface area (Å²) in [7, 11) is 0. The van der Waals surface area contributed by atoms with Gasteiger partial charge in [-0.1, -0.05) is 12.2 Å². The van der Waals surface area contributed by atoms with Gasteiger partial charge in [0.25, 0.3) is 0 Å². The second kappa shape index (κ2) is 16.7. The van der Waals surface area contributed by atoms with Crippen LogP contribution in [0.15, 0.2) is 25.3 Å². The van der Waals surface area contributed by atoms with E-state index in [1.807, 2.05) is 0 Å². The van der Waals surface area contributed by atoms with Crippen molar-refractivity contribution in [3.05, 3.63) is 25.3 Å². The fraction of sp³-hybridized carbons (Fsp3) is 0.667. The highest BCUT2D eigenvalue weighted by Gasteiger charge is 2.03. The lowest BCUT2D eigenvalue weighted by Crippen LogP contribution is -2.11. The molecule has 0 atom stereocenters. The van der Waals surface area contributed by atoms with Crippen molar-refractivity contribution in [2.45, 2.75) is 12.8 Å². The number of hydrogen-bond acceptors (Lipinski definition) is 4. The van der Waals surface area contributed by atoms with Crippen LogP contribution in [0.4, 0.5) is 0 Å². The predicted molar refractivity (Wildman–Crippen MR) is 65.2 cm³/mol. The zero-order chi connectivity index (χ0) is 12.6. The van der Waals surface area contributed by atoms with Gasteiger partial charge in [-0.25, -0.2) is 0 Å². The van der Waals surface area contributed by atoms with Crippen LogP contribution in [0.5, 0.6) is 0 Å². The van der Waals surface area contributed by atoms with Crippen LogP contribution in [0.25, 0.3) is 0 Å². The topological polar surface area (TPSA) is 69.9 Å². The van der Waals surface area contributed by atoms with E-state index >= 15 is 0 Å². The van der Waals surface area contributed by atoms with Gasteiger partial charge >= 0.3 is 0 Å². The van der Waals surface area contributed by atoms with Crippen molar-refractivity contribution in [3.8, 4) is 0 Å². The maximum absolute atomic E-state index is 8.51. The first-order chi connectivity index (χ1) is 7.76. The first-order valence-corrected chi connectivity index (χ1v) is 5.38. The summed E-state index contributed by atoms with van der Waals surface area (Å²) in [5.41, 5.74) is 0. The Bertz CT molecular complexity index is 136. The Morgan fingerprint density at radius 1 is 1.00 bits per heavy atom. The normalized spacial score (nSPS) is 9.50. The molecule has 0 radical (unpaired) electrons. The molecule has 0 aromatic heterocycles. The van der Waals surface area contributed by atoms with Crippen molar-refractivity contribution in [2.75, 3.05) is 33.0 Å². The quantitative estimate of drug-likeness (QED) is 0.405. The van der Waals surface area contributed by atoms with Crippen LogP contribution >= 0.6 is 0 Å². The third kappa shape index (κ3) is 15.8. The molecule has 0 saturated heterocycles. The van der Waals surface area contributed by atoms with Crippen LogP contribution in [-0.4, -0.2) is 48.4 Å². The average molecular weight is 232 g/mol. The van der Waals surface area contributed by atoms with Gasteiger partial charge in [-0.3, -0.25) is 0 Å². The van der Waals surface area contributed by atoms with Gasteiger partial charge in [-0.15, -0.1) is 13.2 Å². The van der Waals surface area contributed by atoms with E-state index in [-0.39, 0.29) is 25.7 Å². The van der Waals surface area contributed by atoms with Gasteiger partial charge < -0.3 is 20.1 Å². The van der Waals surface area contributed by atoms with Gasteiger partial charge in [0.1, 0.15) is 0 Å². The molecule has 0 amide bonds. The molecule has 0 heterocycles. The van der Waals surface area contributed by atoms with Crippen LogP contribution in [0.3, 0.4) is 0 Å². The molecule has 0 unspecified atom stereocenters. The van der Waals surface area contributed by atoms with Crippen LogP contribution in [0.1, 0.15) is 12.8 Å². The zero-order valence-electron chi connectivity index (χ0n) is 9.85. The molecule has 0 saturated carbocycles. The molecule has 0 aliphatic rings. The Labute approximate surface area is 97.9 Å². The Morgan fingerprint density at radius 3 is 1.81 bits per heavy atom. The molecule has 3 N–H and O–H groups in total. The van der Waals surface area contributed by atoms with Gasteiger partial charge in [0.15, 0.2) is 0 Å². The molecule has 0 rings (SSSR count). The first-order valence-electron chi connectivity index (χ1n) is 5.38. The molecular weight excluding hydrogens is 208 g/mol. The molecule has 0 spiro atoms. The fourth-order valence-corrected chi connectivity index (χ4v) is 0.855. The van der Waals surface area contributed by atoms with E-state index in [1.54, 1.807) is 12.2 Å². The van der Waals surface area contributed by atoms with E-state index in [2.05, 4.69) is 13.2 Å². The molecule has 0 fully saturated rings. The van der Waals surface area contributed by atoms with Gasteiger partial charge in [-0.05, 0) is 12.8 Å². The van der Waals surface area contributed by atoms with E-state index in [0.717, 1.165) is 0 Å². The fourth-order valence-electron chi connectivity index (χ4n) is 0.855. The molecule has 0 bridgehead atoms. The van der Waals surface area contributed by atoms with Gasteiger partial charge in [0.05, 0.1) is 13.2 Å². The molecule has 4 nitrogen and oxygen atoms in total. The van der Waals surface area contributed by atoms with Crippen LogP contribution < -0.4 is 0 Å². The Balaban J connectivity index is 0. The lowest BCUT2D eigenvalue weighted by Gasteiger charge is -2.07. The van der Waals surface area contributed by atoms with Crippen molar-refractivity contribution in [2.24, 2.45) is 5.92 Å². The molecule has 96 valence electrons. The van der Waals surface area contributed by atoms with Gasteiger partial charge in [-0.2, -0.15) is 0 Å². The SMILES string of the molecule is C=CCOCC=C.OCCCC(CO)CO. The summed E-state index contributed by atoms with van der Waals surface area (Å²) in [4.78, 5) is 0. The molecular formula is C12H24O4. The Hall–Kier alpha value is -0.680. The third-order valence-corrected chi connectivity index (χ3v) is 1.76. The Morgan fingerprint density at radius 2 is 1.50 bits per heavy atom. The standard InChI is InChI=1S/C6H14O3.C6H10O/c7-3-1-2-6(4-8)5-9;1-3-5-7-6-4-2/h6-9H,1-5H2;3-4H,1-2,5-6H2. The second-order valence-corrected chi connectivity index (χ2v) is 3.21. The number of aliphatic hydroxyl groups excluding tert-OH is 3. The van der Waals surface area contributed by atoms with E-state index in [0.29, 0.717) is 26.1 Å². The lowest BCUT2D eigenvalue weighted by molar-refractivity contribution is 0.136. The molecule has 4 heteroatoms. The number of aliphatic hydroxyl groups is 3.